The summed E-state index contributed by atoms with van der Waals surface area (Å²) in [5, 5.41) is 13.1. The first-order valence-corrected chi connectivity index (χ1v) is 6.78. The number of thiophene rings is 1. The maximum absolute atomic E-state index is 12.0. The number of hydrogen-bond donors (Lipinski definition) is 3. The molecule has 8 heteroatoms. The monoisotopic (exact) mass is 299 g/mol. The van der Waals surface area contributed by atoms with Gasteiger partial charge in [0.1, 0.15) is 6.04 Å². The largest absolute Gasteiger partial charge is 0.480 e. The van der Waals surface area contributed by atoms with Crippen molar-refractivity contribution < 1.29 is 19.5 Å². The summed E-state index contributed by atoms with van der Waals surface area (Å²) in [4.78, 5) is 36.1. The number of nitrogens with two attached hydrogens (primary N) is 1. The quantitative estimate of drug-likeness (QED) is 0.720. The number of hydrogen-bond acceptors (Lipinski definition) is 4. The molecule has 7 nitrogen and oxygen atoms in total. The van der Waals surface area contributed by atoms with E-state index in [9.17, 15) is 14.4 Å². The lowest BCUT2D eigenvalue weighted by molar-refractivity contribution is -0.141. The number of nitrogens with zero attached hydrogens (tertiary/aromatic N) is 1. The Hall–Kier alpha value is -2.09. The summed E-state index contributed by atoms with van der Waals surface area (Å²) in [5.41, 5.74) is 4.95. The average Bonchev–Trinajstić information content (AvgIpc) is 2.89. The van der Waals surface area contributed by atoms with E-state index >= 15 is 0 Å². The van der Waals surface area contributed by atoms with Gasteiger partial charge in [-0.25, -0.2) is 9.59 Å². The van der Waals surface area contributed by atoms with Gasteiger partial charge in [-0.15, -0.1) is 11.3 Å². The third kappa shape index (κ3) is 4.23. The molecular formula is C12H17N3O4S. The first kappa shape index (κ1) is 16.0. The molecule has 1 aromatic rings. The Morgan fingerprint density at radius 2 is 2.15 bits per heavy atom. The lowest BCUT2D eigenvalue weighted by atomic mass is 10.2. The average molecular weight is 299 g/mol. The molecule has 0 aliphatic heterocycles. The SMILES string of the molecule is CC(c1cccs1)N(C)C(=O)NC(CC(N)=O)C(=O)O. The van der Waals surface area contributed by atoms with Crippen LogP contribution in [0.4, 0.5) is 4.79 Å². The predicted octanol–water partition coefficient (Wildman–Crippen LogP) is 0.779. The number of amides is 3. The molecule has 0 saturated heterocycles. The number of rotatable bonds is 6. The highest BCUT2D eigenvalue weighted by molar-refractivity contribution is 7.10. The van der Waals surface area contributed by atoms with Crippen LogP contribution in [0.2, 0.25) is 0 Å². The van der Waals surface area contributed by atoms with E-state index in [1.165, 1.54) is 16.2 Å². The Balaban J connectivity index is 2.68. The minimum absolute atomic E-state index is 0.196. The van der Waals surface area contributed by atoms with Crippen LogP contribution in [-0.4, -0.2) is 41.0 Å². The van der Waals surface area contributed by atoms with Crippen molar-refractivity contribution >= 4 is 29.2 Å². The number of primary amides is 1. The fraction of sp³-hybridized carbons (Fsp3) is 0.417. The maximum atomic E-state index is 12.0. The molecule has 1 aromatic heterocycles. The number of carbonyl (C=O) groups excluding carboxylic acids is 2. The van der Waals surface area contributed by atoms with E-state index in [2.05, 4.69) is 5.32 Å². The zero-order chi connectivity index (χ0) is 15.3. The van der Waals surface area contributed by atoms with E-state index in [1.54, 1.807) is 7.05 Å². The van der Waals surface area contributed by atoms with E-state index in [-0.39, 0.29) is 6.04 Å². The number of aliphatic carboxylic acids is 1. The number of nitrogens with one attached hydrogen (secondary N) is 1. The van der Waals surface area contributed by atoms with Crippen molar-refractivity contribution in [2.24, 2.45) is 5.73 Å². The van der Waals surface area contributed by atoms with Crippen LogP contribution >= 0.6 is 11.3 Å². The minimum Gasteiger partial charge on any atom is -0.480 e. The van der Waals surface area contributed by atoms with Crippen molar-refractivity contribution in [3.05, 3.63) is 22.4 Å². The van der Waals surface area contributed by atoms with Crippen LogP contribution in [0.1, 0.15) is 24.3 Å². The lowest BCUT2D eigenvalue weighted by Crippen LogP contribution is -2.48. The first-order chi connectivity index (χ1) is 9.32. The molecular weight excluding hydrogens is 282 g/mol. The normalized spacial score (nSPS) is 13.3. The smallest absolute Gasteiger partial charge is 0.326 e. The molecule has 110 valence electrons. The van der Waals surface area contributed by atoms with Gasteiger partial charge in [0, 0.05) is 11.9 Å². The molecule has 20 heavy (non-hydrogen) atoms. The molecule has 0 saturated carbocycles. The molecule has 3 amide bonds. The standard InChI is InChI=1S/C12H17N3O4S/c1-7(9-4-3-5-20-9)15(2)12(19)14-8(11(17)18)6-10(13)16/h3-5,7-8H,6H2,1-2H3,(H2,13,16)(H,14,19)(H,17,18). The summed E-state index contributed by atoms with van der Waals surface area (Å²) in [5.74, 6) is -2.08. The lowest BCUT2D eigenvalue weighted by Gasteiger charge is -2.26. The molecule has 0 radical (unpaired) electrons. The van der Waals surface area contributed by atoms with Gasteiger partial charge in [0.2, 0.25) is 5.91 Å². The van der Waals surface area contributed by atoms with Gasteiger partial charge in [0.25, 0.3) is 0 Å². The first-order valence-electron chi connectivity index (χ1n) is 5.90. The summed E-state index contributed by atoms with van der Waals surface area (Å²) < 4.78 is 0. The van der Waals surface area contributed by atoms with Crippen molar-refractivity contribution in [2.75, 3.05) is 7.05 Å². The Labute approximate surface area is 120 Å². The third-order valence-corrected chi connectivity index (χ3v) is 3.90. The van der Waals surface area contributed by atoms with Crippen LogP contribution < -0.4 is 11.1 Å². The summed E-state index contributed by atoms with van der Waals surface area (Å²) in [6.07, 6.45) is -0.442. The molecule has 4 N–H and O–H groups in total. The second kappa shape index (κ2) is 6.90. The molecule has 2 unspecified atom stereocenters. The van der Waals surface area contributed by atoms with Gasteiger partial charge in [0.15, 0.2) is 0 Å². The fourth-order valence-corrected chi connectivity index (χ4v) is 2.37. The van der Waals surface area contributed by atoms with E-state index in [1.807, 2.05) is 24.4 Å². The zero-order valence-corrected chi connectivity index (χ0v) is 12.0. The molecule has 1 rings (SSSR count). The van der Waals surface area contributed by atoms with Gasteiger partial charge in [-0.1, -0.05) is 6.07 Å². The second-order valence-corrected chi connectivity index (χ2v) is 5.29. The van der Waals surface area contributed by atoms with Crippen LogP contribution in [0.5, 0.6) is 0 Å². The molecule has 1 heterocycles. The predicted molar refractivity (Wildman–Crippen MR) is 74.3 cm³/mol. The molecule has 0 spiro atoms. The van der Waals surface area contributed by atoms with E-state index in [0.29, 0.717) is 0 Å². The molecule has 0 bridgehead atoms. The third-order valence-electron chi connectivity index (χ3n) is 2.86. The van der Waals surface area contributed by atoms with Crippen molar-refractivity contribution in [1.29, 1.82) is 0 Å². The molecule has 2 atom stereocenters. The van der Waals surface area contributed by atoms with Gasteiger partial charge in [0.05, 0.1) is 12.5 Å². The second-order valence-electron chi connectivity index (χ2n) is 4.31. The Morgan fingerprint density at radius 3 is 2.60 bits per heavy atom. The van der Waals surface area contributed by atoms with Crippen molar-refractivity contribution in [3.8, 4) is 0 Å². The van der Waals surface area contributed by atoms with Gasteiger partial charge < -0.3 is 21.1 Å². The zero-order valence-electron chi connectivity index (χ0n) is 11.2. The maximum Gasteiger partial charge on any atom is 0.326 e. The number of carboxylic acids is 1. The Bertz CT molecular complexity index is 489. The van der Waals surface area contributed by atoms with E-state index in [0.717, 1.165) is 4.88 Å². The van der Waals surface area contributed by atoms with Crippen molar-refractivity contribution in [1.82, 2.24) is 10.2 Å². The van der Waals surface area contributed by atoms with Crippen LogP contribution in [0.3, 0.4) is 0 Å². The van der Waals surface area contributed by atoms with Crippen LogP contribution in [0.15, 0.2) is 17.5 Å². The van der Waals surface area contributed by atoms with Gasteiger partial charge in [-0.2, -0.15) is 0 Å². The topological polar surface area (TPSA) is 113 Å². The fourth-order valence-electron chi connectivity index (χ4n) is 1.55. The molecule has 0 aliphatic rings. The Kier molecular flexibility index (Phi) is 5.51. The summed E-state index contributed by atoms with van der Waals surface area (Å²) in [6.45, 7) is 1.83. The highest BCUT2D eigenvalue weighted by Gasteiger charge is 2.25. The number of carbonyl (C=O) groups is 3. The van der Waals surface area contributed by atoms with E-state index < -0.39 is 30.4 Å². The van der Waals surface area contributed by atoms with Crippen LogP contribution in [0.25, 0.3) is 0 Å². The highest BCUT2D eigenvalue weighted by atomic mass is 32.1. The highest BCUT2D eigenvalue weighted by Crippen LogP contribution is 2.23. The van der Waals surface area contributed by atoms with Crippen LogP contribution in [0, 0.1) is 0 Å². The Morgan fingerprint density at radius 1 is 1.50 bits per heavy atom. The van der Waals surface area contributed by atoms with Crippen LogP contribution in [-0.2, 0) is 9.59 Å². The van der Waals surface area contributed by atoms with Gasteiger partial charge in [-0.3, -0.25) is 4.79 Å². The minimum atomic E-state index is -1.32. The van der Waals surface area contributed by atoms with Gasteiger partial charge in [-0.05, 0) is 18.4 Å². The molecule has 0 aliphatic carbocycles. The molecule has 0 aromatic carbocycles. The summed E-state index contributed by atoms with van der Waals surface area (Å²) in [7, 11) is 1.56. The number of urea groups is 1. The summed E-state index contributed by atoms with van der Waals surface area (Å²) >= 11 is 1.50. The summed E-state index contributed by atoms with van der Waals surface area (Å²) in [6, 6.07) is 1.67. The van der Waals surface area contributed by atoms with Crippen molar-refractivity contribution in [3.63, 3.8) is 0 Å². The number of carboxylic acid groups (broad SMARTS) is 1. The van der Waals surface area contributed by atoms with E-state index in [4.69, 9.17) is 10.8 Å². The van der Waals surface area contributed by atoms with Crippen molar-refractivity contribution in [2.45, 2.75) is 25.4 Å². The molecule has 0 fully saturated rings. The van der Waals surface area contributed by atoms with Gasteiger partial charge >= 0.3 is 12.0 Å².